The van der Waals surface area contributed by atoms with Gasteiger partial charge in [-0.25, -0.2) is 0 Å². The average Bonchev–Trinajstić information content (AvgIpc) is 3.28. The number of fused-ring (bicyclic) bond motifs is 5. The molecular weight excluding hydrogens is 829 g/mol. The maximum absolute atomic E-state index is 14.7. The van der Waals surface area contributed by atoms with Crippen molar-refractivity contribution in [3.8, 4) is 40.0 Å². The fraction of sp³-hybridized carbons (Fsp3) is 0.396. The first-order valence-electron chi connectivity index (χ1n) is 21.5. The van der Waals surface area contributed by atoms with Crippen molar-refractivity contribution >= 4 is 29.5 Å². The fourth-order valence-electron chi connectivity index (χ4n) is 7.46. The van der Waals surface area contributed by atoms with Gasteiger partial charge in [-0.3, -0.25) is 29.0 Å². The second-order valence-electron chi connectivity index (χ2n) is 16.9. The maximum Gasteiger partial charge on any atom is 0.253 e. The number of nitrogens with one attached hydrogen (secondary N) is 4. The Balaban J connectivity index is 1.55. The number of nitriles is 1. The third-order valence-corrected chi connectivity index (χ3v) is 11.0. The van der Waals surface area contributed by atoms with Crippen LogP contribution in [0.2, 0.25) is 0 Å². The van der Waals surface area contributed by atoms with Crippen LogP contribution in [0.15, 0.2) is 72.9 Å². The van der Waals surface area contributed by atoms with E-state index in [1.165, 1.54) is 30.6 Å². The summed E-state index contributed by atoms with van der Waals surface area (Å²) in [5.74, 6) is -2.48. The number of nitrogens with two attached hydrogens (primary N) is 3. The van der Waals surface area contributed by atoms with E-state index in [9.17, 15) is 24.0 Å². The Hall–Kier alpha value is -6.87. The first-order chi connectivity index (χ1) is 31.0. The number of rotatable bonds is 15. The van der Waals surface area contributed by atoms with Crippen LogP contribution >= 0.6 is 0 Å². The normalized spacial score (nSPS) is 16.7. The summed E-state index contributed by atoms with van der Waals surface area (Å²) in [5, 5.41) is 19.9. The SMILES string of the molecule is Cc1cc(-c2ccc(C(C)(C)C)cc2)ncc1C(=O)NC(CCN)C(=O)N(C)[C@@H]1C(=O)N[C@@H](C)C(=O)N[C@H](C(=O)NCC#N)Cc2ccc(OCCN)c(c2)-c2cc1ccc2OCCN. The van der Waals surface area contributed by atoms with Gasteiger partial charge >= 0.3 is 0 Å². The van der Waals surface area contributed by atoms with Crippen LogP contribution in [0, 0.1) is 18.3 Å². The first kappa shape index (κ1) is 49.2. The largest absolute Gasteiger partial charge is 0.492 e. The molecule has 0 fully saturated rings. The smallest absolute Gasteiger partial charge is 0.253 e. The highest BCUT2D eigenvalue weighted by Crippen LogP contribution is 2.40. The number of nitrogens with zero attached hydrogens (tertiary/aromatic N) is 3. The van der Waals surface area contributed by atoms with Crippen molar-refractivity contribution in [1.29, 1.82) is 5.26 Å². The maximum atomic E-state index is 14.7. The molecule has 17 heteroatoms. The molecule has 4 aromatic rings. The molecule has 17 nitrogen and oxygen atoms in total. The second-order valence-corrected chi connectivity index (χ2v) is 16.9. The Morgan fingerprint density at radius 3 is 2.15 bits per heavy atom. The number of ether oxygens (including phenoxy) is 2. The second kappa shape index (κ2) is 22.2. The molecule has 5 rings (SSSR count). The van der Waals surface area contributed by atoms with E-state index in [-0.39, 0.29) is 63.2 Å². The van der Waals surface area contributed by atoms with Crippen LogP contribution in [-0.2, 0) is 31.0 Å². The lowest BCUT2D eigenvalue weighted by atomic mass is 9.86. The highest BCUT2D eigenvalue weighted by molar-refractivity contribution is 6.00. The van der Waals surface area contributed by atoms with Gasteiger partial charge < -0.3 is 52.8 Å². The van der Waals surface area contributed by atoms with Crippen LogP contribution in [0.5, 0.6) is 11.5 Å². The Morgan fingerprint density at radius 2 is 1.55 bits per heavy atom. The summed E-state index contributed by atoms with van der Waals surface area (Å²) in [6.45, 7) is 10.0. The van der Waals surface area contributed by atoms with E-state index >= 15 is 0 Å². The van der Waals surface area contributed by atoms with Crippen molar-refractivity contribution in [3.05, 3.63) is 101 Å². The molecule has 0 radical (unpaired) electrons. The fourth-order valence-corrected chi connectivity index (χ4v) is 7.46. The zero-order valence-electron chi connectivity index (χ0n) is 37.8. The average molecular weight is 889 g/mol. The van der Waals surface area contributed by atoms with Gasteiger partial charge in [0.2, 0.25) is 23.6 Å². The monoisotopic (exact) mass is 888 g/mol. The van der Waals surface area contributed by atoms with Crippen LogP contribution in [0.1, 0.15) is 72.8 Å². The van der Waals surface area contributed by atoms with Gasteiger partial charge in [0.1, 0.15) is 55.4 Å². The lowest BCUT2D eigenvalue weighted by molar-refractivity contribution is -0.141. The van der Waals surface area contributed by atoms with Gasteiger partial charge in [-0.2, -0.15) is 5.26 Å². The number of benzene rings is 3. The van der Waals surface area contributed by atoms with Gasteiger partial charge in [-0.1, -0.05) is 57.2 Å². The number of pyridine rings is 1. The van der Waals surface area contributed by atoms with Gasteiger partial charge in [0.05, 0.1) is 17.3 Å². The molecule has 10 N–H and O–H groups in total. The van der Waals surface area contributed by atoms with Crippen molar-refractivity contribution in [1.82, 2.24) is 31.2 Å². The number of amides is 5. The number of carbonyl (C=O) groups is 5. The van der Waals surface area contributed by atoms with Gasteiger partial charge in [0, 0.05) is 49.4 Å². The van der Waals surface area contributed by atoms with Gasteiger partial charge in [-0.15, -0.1) is 0 Å². The van der Waals surface area contributed by atoms with E-state index in [0.29, 0.717) is 45.0 Å². The summed E-state index contributed by atoms with van der Waals surface area (Å²) in [6, 6.07) is 17.0. The topological polar surface area (TPSA) is 270 Å². The Kier molecular flexibility index (Phi) is 16.8. The molecule has 344 valence electrons. The Morgan fingerprint density at radius 1 is 0.908 bits per heavy atom. The summed E-state index contributed by atoms with van der Waals surface area (Å²) in [7, 11) is 1.42. The molecule has 5 amide bonds. The molecule has 1 aliphatic heterocycles. The summed E-state index contributed by atoms with van der Waals surface area (Å²) in [5.41, 5.74) is 23.2. The van der Waals surface area contributed by atoms with Crippen molar-refractivity contribution in [2.75, 3.05) is 46.4 Å². The number of aryl methyl sites for hydroxylation is 1. The highest BCUT2D eigenvalue weighted by Gasteiger charge is 2.36. The van der Waals surface area contributed by atoms with Crippen molar-refractivity contribution in [3.63, 3.8) is 0 Å². The lowest BCUT2D eigenvalue weighted by Gasteiger charge is -2.32. The Labute approximate surface area is 379 Å². The predicted octanol–water partition coefficient (Wildman–Crippen LogP) is 2.53. The van der Waals surface area contributed by atoms with E-state index in [0.717, 1.165) is 5.56 Å². The zero-order valence-corrected chi connectivity index (χ0v) is 37.8. The van der Waals surface area contributed by atoms with Crippen LogP contribution in [0.25, 0.3) is 22.4 Å². The van der Waals surface area contributed by atoms with E-state index in [1.807, 2.05) is 24.3 Å². The first-order valence-corrected chi connectivity index (χ1v) is 21.5. The molecule has 1 unspecified atom stereocenters. The molecule has 0 aliphatic carbocycles. The molecular formula is C48H60N10O7. The number of carbonyl (C=O) groups excluding carboxylic acids is 5. The van der Waals surface area contributed by atoms with Gasteiger partial charge in [-0.05, 0) is 84.8 Å². The lowest BCUT2D eigenvalue weighted by Crippen LogP contribution is -2.56. The molecule has 3 aromatic carbocycles. The number of hydrogen-bond donors (Lipinski definition) is 7. The minimum atomic E-state index is -1.39. The summed E-state index contributed by atoms with van der Waals surface area (Å²) < 4.78 is 12.2. The van der Waals surface area contributed by atoms with E-state index < -0.39 is 53.7 Å². The summed E-state index contributed by atoms with van der Waals surface area (Å²) in [4.78, 5) is 76.0. The van der Waals surface area contributed by atoms with Crippen molar-refractivity contribution < 1.29 is 33.4 Å². The van der Waals surface area contributed by atoms with Crippen LogP contribution < -0.4 is 47.9 Å². The highest BCUT2D eigenvalue weighted by atomic mass is 16.5. The number of aromatic nitrogens is 1. The zero-order chi connectivity index (χ0) is 47.4. The molecule has 1 aliphatic rings. The quantitative estimate of drug-likeness (QED) is 0.0850. The third kappa shape index (κ3) is 12.2. The molecule has 0 saturated heterocycles. The molecule has 1 aromatic heterocycles. The molecule has 0 saturated carbocycles. The van der Waals surface area contributed by atoms with E-state index in [1.54, 1.807) is 43.3 Å². The molecule has 0 spiro atoms. The summed E-state index contributed by atoms with van der Waals surface area (Å²) >= 11 is 0. The molecule has 2 heterocycles. The van der Waals surface area contributed by atoms with Gasteiger partial charge in [0.15, 0.2) is 0 Å². The van der Waals surface area contributed by atoms with Crippen LogP contribution in [-0.4, -0.2) is 104 Å². The minimum absolute atomic E-state index is 0.00577. The van der Waals surface area contributed by atoms with E-state index in [2.05, 4.69) is 59.2 Å². The van der Waals surface area contributed by atoms with E-state index in [4.69, 9.17) is 31.9 Å². The van der Waals surface area contributed by atoms with Crippen molar-refractivity contribution in [2.24, 2.45) is 17.2 Å². The number of likely N-dealkylation sites (N-methyl/N-ethyl adjacent to an activating group) is 1. The Bertz CT molecular complexity index is 2410. The molecule has 4 bridgehead atoms. The molecule has 65 heavy (non-hydrogen) atoms. The van der Waals surface area contributed by atoms with Crippen LogP contribution in [0.3, 0.4) is 0 Å². The van der Waals surface area contributed by atoms with Crippen molar-refractivity contribution in [2.45, 2.75) is 77.0 Å². The predicted molar refractivity (Wildman–Crippen MR) is 246 cm³/mol. The number of hydrogen-bond acceptors (Lipinski definition) is 12. The third-order valence-electron chi connectivity index (χ3n) is 11.0. The standard InChI is InChI=1S/C48H60N10O7/c1-28-23-38(31-8-11-33(12-9-31)48(3,4)5)54-27-36(28)44(60)56-37(15-16-49)47(63)58(6)42-32-10-14-41(65-22-19-52)35(26-32)34-24-30(7-13-40(34)64-21-18-51)25-39(45(61)53-20-17-50)57-43(59)29(2)55-46(42)62/h7-14,23-24,26-27,29,37,39,42H,15-16,18-22,25,49,51-52H2,1-6H3,(H,53,61)(H,55,62)(H,56,60)(H,57,59)/t29-,37?,39-,42-/m0/s1. The molecule has 4 atom stereocenters. The summed E-state index contributed by atoms with van der Waals surface area (Å²) in [6.07, 6.45) is 1.50. The minimum Gasteiger partial charge on any atom is -0.492 e. The van der Waals surface area contributed by atoms with Gasteiger partial charge in [0.25, 0.3) is 5.91 Å². The van der Waals surface area contributed by atoms with Crippen LogP contribution in [0.4, 0.5) is 0 Å².